The second-order valence-corrected chi connectivity index (χ2v) is 10.5. The Kier molecular flexibility index (Phi) is 15.1. The van der Waals surface area contributed by atoms with Gasteiger partial charge in [0.2, 0.25) is 0 Å². The number of alkyl halides is 3. The van der Waals surface area contributed by atoms with E-state index in [-0.39, 0.29) is 13.4 Å². The highest BCUT2D eigenvalue weighted by atomic mass is 35.6. The van der Waals surface area contributed by atoms with Crippen molar-refractivity contribution in [3.63, 3.8) is 0 Å². The van der Waals surface area contributed by atoms with Crippen LogP contribution >= 0.6 is 34.8 Å². The number of amides is 1. The molecule has 28 heavy (non-hydrogen) atoms. The van der Waals surface area contributed by atoms with Crippen molar-refractivity contribution in [1.82, 2.24) is 5.32 Å². The number of unbranched alkanes of at least 4 members (excludes halogenated alkanes) is 6. The fourth-order valence-electron chi connectivity index (χ4n) is 2.55. The number of ether oxygens (including phenoxy) is 2. The molecule has 2 atom stereocenters. The lowest BCUT2D eigenvalue weighted by molar-refractivity contribution is -0.125. The van der Waals surface area contributed by atoms with Crippen LogP contribution in [-0.4, -0.2) is 57.0 Å². The molecule has 11 heteroatoms. The minimum absolute atomic E-state index is 0.0276. The van der Waals surface area contributed by atoms with Gasteiger partial charge < -0.3 is 14.8 Å². The van der Waals surface area contributed by atoms with Crippen LogP contribution in [0, 0.1) is 0 Å². The van der Waals surface area contributed by atoms with Gasteiger partial charge in [0.25, 0.3) is 19.8 Å². The van der Waals surface area contributed by atoms with Crippen LogP contribution in [0.15, 0.2) is 0 Å². The van der Waals surface area contributed by atoms with Crippen LogP contribution in [0.5, 0.6) is 0 Å². The van der Waals surface area contributed by atoms with Gasteiger partial charge in [-0.1, -0.05) is 86.7 Å². The number of carbonyl (C=O) groups is 1. The first-order valence-electron chi connectivity index (χ1n) is 9.33. The zero-order valence-electron chi connectivity index (χ0n) is 16.7. The summed E-state index contributed by atoms with van der Waals surface area (Å²) in [4.78, 5) is 12.1. The molecule has 7 nitrogen and oxygen atoms in total. The maximum Gasteiger partial charge on any atom is 0.272 e. The van der Waals surface area contributed by atoms with Crippen LogP contribution in [0.1, 0.15) is 58.3 Å². The van der Waals surface area contributed by atoms with Crippen molar-refractivity contribution in [2.75, 3.05) is 26.8 Å². The summed E-state index contributed by atoms with van der Waals surface area (Å²) in [6.45, 7) is 1.80. The van der Waals surface area contributed by atoms with Gasteiger partial charge in [-0.15, -0.1) is 0 Å². The molecule has 0 saturated carbocycles. The summed E-state index contributed by atoms with van der Waals surface area (Å²) in [5, 5.41) is 2.50. The summed E-state index contributed by atoms with van der Waals surface area (Å²) in [6.07, 6.45) is 8.65. The predicted molar refractivity (Wildman–Crippen MR) is 112 cm³/mol. The highest BCUT2D eigenvalue weighted by Crippen LogP contribution is 2.26. The van der Waals surface area contributed by atoms with Crippen molar-refractivity contribution in [2.24, 2.45) is 0 Å². The van der Waals surface area contributed by atoms with Crippen molar-refractivity contribution in [3.8, 4) is 0 Å². The Balaban J connectivity index is 4.90. The van der Waals surface area contributed by atoms with Crippen LogP contribution in [0.2, 0.25) is 0 Å². The molecule has 0 bridgehead atoms. The fraction of sp³-hybridized carbons (Fsp3) is 0.941. The standard InChI is InChI=1S/C17H32Cl3NO6S/c1-4-5-6-7-8-9-10-11-15(26-13-25-2)14(12-27-28(3,23)24)21-16(22)17(18,19)20/h14-15H,4-13H2,1-3H3,(H,21,22)/t14-,15+/m0/s1. The Hall–Kier alpha value is 0.170. The van der Waals surface area contributed by atoms with Crippen molar-refractivity contribution in [2.45, 2.75) is 74.2 Å². The topological polar surface area (TPSA) is 90.9 Å². The maximum atomic E-state index is 12.1. The number of halogens is 3. The molecular formula is C17H32Cl3NO6S. The largest absolute Gasteiger partial charge is 0.359 e. The van der Waals surface area contributed by atoms with Crippen LogP contribution < -0.4 is 5.32 Å². The zero-order valence-corrected chi connectivity index (χ0v) is 19.8. The summed E-state index contributed by atoms with van der Waals surface area (Å²) in [5.41, 5.74) is 0. The summed E-state index contributed by atoms with van der Waals surface area (Å²) >= 11 is 16.8. The monoisotopic (exact) mass is 483 g/mol. The van der Waals surface area contributed by atoms with Gasteiger partial charge in [0, 0.05) is 7.11 Å². The van der Waals surface area contributed by atoms with E-state index in [1.807, 2.05) is 0 Å². The molecule has 0 aliphatic rings. The van der Waals surface area contributed by atoms with Crippen molar-refractivity contribution in [3.05, 3.63) is 0 Å². The third-order valence-corrected chi connectivity index (χ3v) is 5.06. The van der Waals surface area contributed by atoms with Gasteiger partial charge in [0.1, 0.15) is 6.79 Å². The summed E-state index contributed by atoms with van der Waals surface area (Å²) < 4.78 is 36.0. The molecule has 168 valence electrons. The highest BCUT2D eigenvalue weighted by molar-refractivity contribution is 7.85. The third-order valence-electron chi connectivity index (χ3n) is 3.98. The second kappa shape index (κ2) is 15.0. The van der Waals surface area contributed by atoms with Crippen LogP contribution in [0.25, 0.3) is 0 Å². The summed E-state index contributed by atoms with van der Waals surface area (Å²) in [7, 11) is -2.25. The van der Waals surface area contributed by atoms with E-state index in [0.717, 1.165) is 25.5 Å². The summed E-state index contributed by atoms with van der Waals surface area (Å²) in [5.74, 6) is -0.884. The molecule has 0 spiro atoms. The second-order valence-electron chi connectivity index (χ2n) is 6.59. The predicted octanol–water partition coefficient (Wildman–Crippen LogP) is 3.95. The third kappa shape index (κ3) is 15.1. The van der Waals surface area contributed by atoms with Gasteiger partial charge in [0.15, 0.2) is 0 Å². The average molecular weight is 485 g/mol. The molecule has 0 heterocycles. The first-order chi connectivity index (χ1) is 13.0. The van der Waals surface area contributed by atoms with E-state index in [4.69, 9.17) is 48.5 Å². The van der Waals surface area contributed by atoms with Crippen molar-refractivity contribution in [1.29, 1.82) is 0 Å². The Morgan fingerprint density at radius 3 is 2.14 bits per heavy atom. The van der Waals surface area contributed by atoms with E-state index in [2.05, 4.69) is 12.2 Å². The maximum absolute atomic E-state index is 12.1. The molecule has 0 aromatic heterocycles. The molecule has 0 aliphatic heterocycles. The van der Waals surface area contributed by atoms with Gasteiger partial charge in [-0.25, -0.2) is 0 Å². The molecule has 0 aromatic rings. The minimum atomic E-state index is -3.72. The van der Waals surface area contributed by atoms with Crippen LogP contribution in [0.4, 0.5) is 0 Å². The molecule has 0 aliphatic carbocycles. The van der Waals surface area contributed by atoms with Gasteiger partial charge in [0.05, 0.1) is 25.0 Å². The lowest BCUT2D eigenvalue weighted by Gasteiger charge is -2.28. The van der Waals surface area contributed by atoms with E-state index in [1.165, 1.54) is 32.8 Å². The molecule has 1 amide bonds. The number of rotatable bonds is 16. The highest BCUT2D eigenvalue weighted by Gasteiger charge is 2.35. The smallest absolute Gasteiger partial charge is 0.272 e. The molecule has 0 fully saturated rings. The number of hydrogen-bond acceptors (Lipinski definition) is 6. The normalized spacial score (nSPS) is 14.6. The zero-order chi connectivity index (χ0) is 21.6. The van der Waals surface area contributed by atoms with Crippen molar-refractivity contribution >= 4 is 50.8 Å². The van der Waals surface area contributed by atoms with Crippen molar-refractivity contribution < 1.29 is 26.9 Å². The quantitative estimate of drug-likeness (QED) is 0.154. The average Bonchev–Trinajstić information content (AvgIpc) is 2.58. The molecule has 1 N–H and O–H groups in total. The molecular weight excluding hydrogens is 453 g/mol. The molecule has 0 aromatic carbocycles. The Morgan fingerprint density at radius 1 is 1.07 bits per heavy atom. The van der Waals surface area contributed by atoms with Gasteiger partial charge in [-0.3, -0.25) is 8.98 Å². The fourth-order valence-corrected chi connectivity index (χ4v) is 3.11. The molecule has 0 rings (SSSR count). The van der Waals surface area contributed by atoms with E-state index in [9.17, 15) is 13.2 Å². The van der Waals surface area contributed by atoms with E-state index >= 15 is 0 Å². The Bertz CT molecular complexity index is 527. The SMILES string of the molecule is CCCCCCCCC[C@@H](OCOC)[C@H](COS(C)(=O)=O)NC(=O)C(Cl)(Cl)Cl. The Morgan fingerprint density at radius 2 is 1.64 bits per heavy atom. The molecule has 0 unspecified atom stereocenters. The number of methoxy groups -OCH3 is 1. The van der Waals surface area contributed by atoms with Gasteiger partial charge >= 0.3 is 0 Å². The van der Waals surface area contributed by atoms with Gasteiger partial charge in [-0.2, -0.15) is 8.42 Å². The van der Waals surface area contributed by atoms with E-state index in [1.54, 1.807) is 0 Å². The lowest BCUT2D eigenvalue weighted by Crippen LogP contribution is -2.51. The van der Waals surface area contributed by atoms with E-state index in [0.29, 0.717) is 6.42 Å². The van der Waals surface area contributed by atoms with Gasteiger partial charge in [-0.05, 0) is 6.42 Å². The number of nitrogens with one attached hydrogen (secondary N) is 1. The Labute approximate surface area is 183 Å². The first kappa shape index (κ1) is 28.2. The van der Waals surface area contributed by atoms with Crippen LogP contribution in [-0.2, 0) is 28.6 Å². The number of carbonyl (C=O) groups excluding carboxylic acids is 1. The molecule has 0 radical (unpaired) electrons. The summed E-state index contributed by atoms with van der Waals surface area (Å²) in [6, 6.07) is -0.826. The molecule has 0 saturated heterocycles. The lowest BCUT2D eigenvalue weighted by atomic mass is 10.0. The van der Waals surface area contributed by atoms with Crippen LogP contribution in [0.3, 0.4) is 0 Å². The first-order valence-corrected chi connectivity index (χ1v) is 12.3. The van der Waals surface area contributed by atoms with E-state index < -0.39 is 32.0 Å². The number of hydrogen-bond donors (Lipinski definition) is 1. The minimum Gasteiger partial charge on any atom is -0.359 e.